The first-order valence-electron chi connectivity index (χ1n) is 14.5. The van der Waals surface area contributed by atoms with Gasteiger partial charge in [-0.05, 0) is 11.8 Å². The molecule has 0 heterocycles. The first kappa shape index (κ1) is 25.3. The van der Waals surface area contributed by atoms with Crippen LogP contribution in [0.3, 0.4) is 0 Å². The summed E-state index contributed by atoms with van der Waals surface area (Å²) in [5.74, 6) is 2.14. The van der Waals surface area contributed by atoms with Crippen molar-refractivity contribution in [3.8, 4) is 0 Å². The Bertz CT molecular complexity index is 303. The van der Waals surface area contributed by atoms with Crippen LogP contribution in [0.1, 0.15) is 173 Å². The molecule has 0 heteroatoms. The number of rotatable bonds is 1. The Morgan fingerprint density at radius 1 is 0.172 bits per heavy atom. The maximum atomic E-state index is 1.56. The Labute approximate surface area is 185 Å². The molecule has 0 amide bonds. The van der Waals surface area contributed by atoms with Crippen molar-refractivity contribution in [2.75, 3.05) is 0 Å². The van der Waals surface area contributed by atoms with E-state index in [1.807, 2.05) is 0 Å². The van der Waals surface area contributed by atoms with E-state index in [9.17, 15) is 0 Å². The van der Waals surface area contributed by atoms with Gasteiger partial charge in [0.15, 0.2) is 0 Å². The van der Waals surface area contributed by atoms with Gasteiger partial charge in [-0.2, -0.15) is 0 Å². The number of hydrogen-bond donors (Lipinski definition) is 0. The van der Waals surface area contributed by atoms with Gasteiger partial charge in [-0.25, -0.2) is 0 Å². The lowest BCUT2D eigenvalue weighted by Gasteiger charge is -2.27. The summed E-state index contributed by atoms with van der Waals surface area (Å²) in [5.41, 5.74) is 0. The fraction of sp³-hybridized carbons (Fsp3) is 1.00. The zero-order valence-electron chi connectivity index (χ0n) is 20.2. The molecule has 2 aliphatic carbocycles. The standard InChI is InChI=1S/C29H56/c1-2-4-6-8-10-12-16-20-24-28(25-21-17-13-11-9-7-5-3-1)29-26-22-18-14-15-19-23-27-29/h28-29H,1-27H2. The molecule has 0 aliphatic heterocycles. The van der Waals surface area contributed by atoms with Crippen LogP contribution < -0.4 is 0 Å². The summed E-state index contributed by atoms with van der Waals surface area (Å²) < 4.78 is 0. The van der Waals surface area contributed by atoms with Crippen molar-refractivity contribution >= 4 is 0 Å². The maximum Gasteiger partial charge on any atom is -0.0386 e. The Balaban J connectivity index is 1.75. The average molecular weight is 405 g/mol. The van der Waals surface area contributed by atoms with Crippen molar-refractivity contribution < 1.29 is 0 Å². The van der Waals surface area contributed by atoms with E-state index >= 15 is 0 Å². The van der Waals surface area contributed by atoms with Crippen molar-refractivity contribution in [2.45, 2.75) is 173 Å². The third kappa shape index (κ3) is 13.8. The minimum Gasteiger partial charge on any atom is -0.0533 e. The summed E-state index contributed by atoms with van der Waals surface area (Å²) in [4.78, 5) is 0. The van der Waals surface area contributed by atoms with E-state index in [1.54, 1.807) is 25.7 Å². The van der Waals surface area contributed by atoms with Crippen molar-refractivity contribution in [3.63, 3.8) is 0 Å². The third-order valence-corrected chi connectivity index (χ3v) is 8.22. The van der Waals surface area contributed by atoms with Crippen LogP contribution >= 0.6 is 0 Å². The summed E-state index contributed by atoms with van der Waals surface area (Å²) in [6.07, 6.45) is 41.0. The average Bonchev–Trinajstić information content (AvgIpc) is 2.87. The molecule has 0 aromatic rings. The summed E-state index contributed by atoms with van der Waals surface area (Å²) in [6, 6.07) is 0. The summed E-state index contributed by atoms with van der Waals surface area (Å²) >= 11 is 0. The summed E-state index contributed by atoms with van der Waals surface area (Å²) in [7, 11) is 0. The van der Waals surface area contributed by atoms with Gasteiger partial charge in [0.1, 0.15) is 0 Å². The van der Waals surface area contributed by atoms with Gasteiger partial charge < -0.3 is 0 Å². The summed E-state index contributed by atoms with van der Waals surface area (Å²) in [5, 5.41) is 0. The molecule has 0 atom stereocenters. The van der Waals surface area contributed by atoms with Gasteiger partial charge in [0, 0.05) is 0 Å². The van der Waals surface area contributed by atoms with E-state index in [0.29, 0.717) is 0 Å². The van der Waals surface area contributed by atoms with E-state index in [4.69, 9.17) is 0 Å². The van der Waals surface area contributed by atoms with Crippen molar-refractivity contribution in [1.29, 1.82) is 0 Å². The molecule has 2 saturated carbocycles. The normalized spacial score (nSPS) is 26.1. The Kier molecular flexibility index (Phi) is 16.3. The zero-order valence-corrected chi connectivity index (χ0v) is 20.2. The lowest BCUT2D eigenvalue weighted by atomic mass is 9.78. The van der Waals surface area contributed by atoms with Crippen LogP contribution in [0.4, 0.5) is 0 Å². The molecule has 0 bridgehead atoms. The molecular formula is C29H56. The van der Waals surface area contributed by atoms with Gasteiger partial charge in [-0.3, -0.25) is 0 Å². The fourth-order valence-electron chi connectivity index (χ4n) is 6.22. The van der Waals surface area contributed by atoms with Gasteiger partial charge in [-0.15, -0.1) is 0 Å². The van der Waals surface area contributed by atoms with Crippen LogP contribution in [0.2, 0.25) is 0 Å². The van der Waals surface area contributed by atoms with Crippen molar-refractivity contribution in [3.05, 3.63) is 0 Å². The fourth-order valence-corrected chi connectivity index (χ4v) is 6.22. The minimum atomic E-state index is 1.07. The van der Waals surface area contributed by atoms with Crippen molar-refractivity contribution in [1.82, 2.24) is 0 Å². The van der Waals surface area contributed by atoms with Crippen LogP contribution in [0.15, 0.2) is 0 Å². The molecule has 0 aromatic carbocycles. The minimum absolute atomic E-state index is 1.07. The van der Waals surface area contributed by atoms with Crippen LogP contribution in [0.5, 0.6) is 0 Å². The van der Waals surface area contributed by atoms with Crippen LogP contribution in [0.25, 0.3) is 0 Å². The second-order valence-corrected chi connectivity index (χ2v) is 10.8. The van der Waals surface area contributed by atoms with E-state index in [0.717, 1.165) is 11.8 Å². The molecular weight excluding hydrogens is 348 g/mol. The highest BCUT2D eigenvalue weighted by atomic mass is 14.3. The van der Waals surface area contributed by atoms with E-state index in [1.165, 1.54) is 148 Å². The van der Waals surface area contributed by atoms with Crippen molar-refractivity contribution in [2.24, 2.45) is 11.8 Å². The largest absolute Gasteiger partial charge is 0.0533 e. The van der Waals surface area contributed by atoms with E-state index < -0.39 is 0 Å². The van der Waals surface area contributed by atoms with Crippen LogP contribution in [-0.4, -0.2) is 0 Å². The molecule has 29 heavy (non-hydrogen) atoms. The molecule has 0 unspecified atom stereocenters. The highest BCUT2D eigenvalue weighted by Crippen LogP contribution is 2.34. The Hall–Kier alpha value is 0. The topological polar surface area (TPSA) is 0 Å². The monoisotopic (exact) mass is 404 g/mol. The predicted octanol–water partition coefficient (Wildman–Crippen LogP) is 10.8. The second-order valence-electron chi connectivity index (χ2n) is 10.8. The lowest BCUT2D eigenvalue weighted by Crippen LogP contribution is -2.15. The summed E-state index contributed by atoms with van der Waals surface area (Å²) in [6.45, 7) is 0. The highest BCUT2D eigenvalue weighted by molar-refractivity contribution is 4.73. The molecule has 0 saturated heterocycles. The molecule has 0 nitrogen and oxygen atoms in total. The van der Waals surface area contributed by atoms with E-state index in [2.05, 4.69) is 0 Å². The second kappa shape index (κ2) is 18.7. The first-order valence-corrected chi connectivity index (χ1v) is 14.5. The smallest absolute Gasteiger partial charge is 0.0386 e. The SMILES string of the molecule is C1CCCCCCCCCC(C2CCCCCCCC2)CCCCCCCCC1. The Morgan fingerprint density at radius 3 is 0.483 bits per heavy atom. The number of hydrogen-bond acceptors (Lipinski definition) is 0. The molecule has 2 fully saturated rings. The molecule has 0 spiro atoms. The van der Waals surface area contributed by atoms with Gasteiger partial charge in [0.2, 0.25) is 0 Å². The maximum absolute atomic E-state index is 1.56. The van der Waals surface area contributed by atoms with E-state index in [-0.39, 0.29) is 0 Å². The zero-order chi connectivity index (χ0) is 20.2. The molecule has 172 valence electrons. The quantitative estimate of drug-likeness (QED) is 0.407. The first-order chi connectivity index (χ1) is 14.5. The van der Waals surface area contributed by atoms with Crippen LogP contribution in [-0.2, 0) is 0 Å². The molecule has 2 aliphatic rings. The highest BCUT2D eigenvalue weighted by Gasteiger charge is 2.21. The Morgan fingerprint density at radius 2 is 0.310 bits per heavy atom. The van der Waals surface area contributed by atoms with Gasteiger partial charge in [0.05, 0.1) is 0 Å². The molecule has 0 N–H and O–H groups in total. The molecule has 0 radical (unpaired) electrons. The van der Waals surface area contributed by atoms with Crippen LogP contribution in [0, 0.1) is 11.8 Å². The predicted molar refractivity (Wildman–Crippen MR) is 132 cm³/mol. The molecule has 0 aromatic heterocycles. The van der Waals surface area contributed by atoms with Gasteiger partial charge >= 0.3 is 0 Å². The van der Waals surface area contributed by atoms with Gasteiger partial charge in [0.25, 0.3) is 0 Å². The lowest BCUT2D eigenvalue weighted by molar-refractivity contribution is 0.241. The van der Waals surface area contributed by atoms with Gasteiger partial charge in [-0.1, -0.05) is 173 Å². The third-order valence-electron chi connectivity index (χ3n) is 8.22. The molecule has 2 rings (SSSR count).